The van der Waals surface area contributed by atoms with E-state index in [-0.39, 0.29) is 43.0 Å². The maximum absolute atomic E-state index is 15.0. The lowest BCUT2D eigenvalue weighted by atomic mass is 10.0. The number of halogens is 3. The predicted molar refractivity (Wildman–Crippen MR) is 136 cm³/mol. The van der Waals surface area contributed by atoms with Crippen molar-refractivity contribution in [3.8, 4) is 0 Å². The number of Topliss-reactive ketones (excluding diaryl/α,β-unsaturated/α-hetero) is 1. The van der Waals surface area contributed by atoms with E-state index in [0.29, 0.717) is 16.5 Å². The summed E-state index contributed by atoms with van der Waals surface area (Å²) in [5.74, 6) is -3.00. The summed E-state index contributed by atoms with van der Waals surface area (Å²) in [4.78, 5) is 26.8. The minimum absolute atomic E-state index is 0. The minimum Gasteiger partial charge on any atom is -0.319 e. The summed E-state index contributed by atoms with van der Waals surface area (Å²) in [5.41, 5.74) is 6.15. The molecule has 1 aliphatic carbocycles. The van der Waals surface area contributed by atoms with Gasteiger partial charge in [-0.15, -0.1) is 22.6 Å². The van der Waals surface area contributed by atoms with Crippen LogP contribution in [-0.4, -0.2) is 42.1 Å². The van der Waals surface area contributed by atoms with Gasteiger partial charge in [-0.3, -0.25) is 9.59 Å². The summed E-state index contributed by atoms with van der Waals surface area (Å²) in [7, 11) is -4.12. The first-order valence-corrected chi connectivity index (χ1v) is 13.8. The fraction of sp³-hybridized carbons (Fsp3) is 0.333. The standard InChI is InChI=1S/C24H22F2N4O4S2.ClH/c25-15-6-1-13(2-7-15)3-8-20(31)16-9-19-21(10-17(16)26)36(33,34)12-18(27)24(32)30(19)11-22-28-29-23(35-22)14-4-5-14;/h1-2,6-7,9-10,14,18H,3-5,8,11-12,27H2;1H/t18-;/m0./s1. The summed E-state index contributed by atoms with van der Waals surface area (Å²) < 4.78 is 54.1. The molecule has 1 saturated carbocycles. The van der Waals surface area contributed by atoms with Gasteiger partial charge >= 0.3 is 0 Å². The number of hydrogen-bond acceptors (Lipinski definition) is 8. The summed E-state index contributed by atoms with van der Waals surface area (Å²) >= 11 is 1.33. The maximum atomic E-state index is 15.0. The number of hydrogen-bond donors (Lipinski definition) is 1. The first-order valence-electron chi connectivity index (χ1n) is 11.4. The predicted octanol–water partition coefficient (Wildman–Crippen LogP) is 3.58. The van der Waals surface area contributed by atoms with Gasteiger partial charge in [-0.05, 0) is 49.1 Å². The van der Waals surface area contributed by atoms with Gasteiger partial charge in [0.05, 0.1) is 34.5 Å². The zero-order valence-corrected chi connectivity index (χ0v) is 21.8. The van der Waals surface area contributed by atoms with E-state index in [2.05, 4.69) is 10.2 Å². The van der Waals surface area contributed by atoms with Gasteiger partial charge in [0.15, 0.2) is 15.6 Å². The summed E-state index contributed by atoms with van der Waals surface area (Å²) in [5, 5.41) is 9.62. The summed E-state index contributed by atoms with van der Waals surface area (Å²) in [6, 6.07) is 6.12. The Labute approximate surface area is 222 Å². The number of nitrogens with two attached hydrogens (primary N) is 1. The molecule has 5 rings (SSSR count). The van der Waals surface area contributed by atoms with E-state index in [4.69, 9.17) is 5.73 Å². The van der Waals surface area contributed by atoms with Crippen LogP contribution in [0.4, 0.5) is 14.5 Å². The van der Waals surface area contributed by atoms with Gasteiger partial charge < -0.3 is 10.6 Å². The van der Waals surface area contributed by atoms with Crippen molar-refractivity contribution in [3.63, 3.8) is 0 Å². The maximum Gasteiger partial charge on any atom is 0.245 e. The monoisotopic (exact) mass is 568 g/mol. The number of aryl methyl sites for hydroxylation is 1. The van der Waals surface area contributed by atoms with Crippen molar-refractivity contribution in [2.24, 2.45) is 5.73 Å². The average Bonchev–Trinajstić information content (AvgIpc) is 3.59. The minimum atomic E-state index is -4.12. The van der Waals surface area contributed by atoms with Gasteiger partial charge in [-0.25, -0.2) is 17.2 Å². The van der Waals surface area contributed by atoms with E-state index in [1.54, 1.807) is 0 Å². The second kappa shape index (κ2) is 10.5. The molecule has 0 bridgehead atoms. The van der Waals surface area contributed by atoms with Crippen molar-refractivity contribution in [3.05, 3.63) is 69.2 Å². The van der Waals surface area contributed by atoms with Crippen molar-refractivity contribution in [1.29, 1.82) is 0 Å². The second-order valence-electron chi connectivity index (χ2n) is 8.97. The van der Waals surface area contributed by atoms with Crippen LogP contribution in [0.25, 0.3) is 0 Å². The Balaban J connectivity index is 0.00000320. The molecule has 0 unspecified atom stereocenters. The highest BCUT2D eigenvalue weighted by Crippen LogP contribution is 2.42. The third kappa shape index (κ3) is 5.71. The molecule has 8 nitrogen and oxygen atoms in total. The van der Waals surface area contributed by atoms with E-state index < -0.39 is 49.9 Å². The zero-order valence-electron chi connectivity index (χ0n) is 19.4. The van der Waals surface area contributed by atoms with E-state index in [9.17, 15) is 22.4 Å². The lowest BCUT2D eigenvalue weighted by Gasteiger charge is -2.23. The Morgan fingerprint density at radius 1 is 1.14 bits per heavy atom. The molecule has 13 heteroatoms. The third-order valence-electron chi connectivity index (χ3n) is 6.21. The molecule has 1 atom stereocenters. The first-order chi connectivity index (χ1) is 17.1. The largest absolute Gasteiger partial charge is 0.319 e. The van der Waals surface area contributed by atoms with E-state index in [1.807, 2.05) is 0 Å². The van der Waals surface area contributed by atoms with Gasteiger partial charge in [0.1, 0.15) is 21.6 Å². The molecule has 37 heavy (non-hydrogen) atoms. The topological polar surface area (TPSA) is 123 Å². The number of amides is 1. The molecule has 0 saturated heterocycles. The fourth-order valence-electron chi connectivity index (χ4n) is 4.10. The van der Waals surface area contributed by atoms with Gasteiger partial charge in [0.2, 0.25) is 5.91 Å². The van der Waals surface area contributed by atoms with Crippen molar-refractivity contribution in [2.45, 2.75) is 49.1 Å². The molecule has 2 heterocycles. The number of rotatable bonds is 7. The summed E-state index contributed by atoms with van der Waals surface area (Å²) in [6.45, 7) is -0.103. The molecule has 1 fully saturated rings. The molecule has 0 radical (unpaired) electrons. The molecule has 2 aliphatic rings. The SMILES string of the molecule is Cl.N[C@H]1CS(=O)(=O)c2cc(F)c(C(=O)CCc3ccc(F)cc3)cc2N(Cc2nnc(C3CC3)s2)C1=O. The average molecular weight is 569 g/mol. The first kappa shape index (κ1) is 27.2. The molecule has 2 aromatic carbocycles. The van der Waals surface area contributed by atoms with Crippen molar-refractivity contribution < 1.29 is 26.8 Å². The van der Waals surface area contributed by atoms with Crippen molar-refractivity contribution in [1.82, 2.24) is 10.2 Å². The van der Waals surface area contributed by atoms with Crippen molar-refractivity contribution >= 4 is 51.0 Å². The number of benzene rings is 2. The number of anilines is 1. The lowest BCUT2D eigenvalue weighted by molar-refractivity contribution is -0.119. The number of carbonyl (C=O) groups is 2. The highest BCUT2D eigenvalue weighted by atomic mass is 35.5. The number of carbonyl (C=O) groups excluding carboxylic acids is 2. The Morgan fingerprint density at radius 3 is 2.51 bits per heavy atom. The Kier molecular flexibility index (Phi) is 7.75. The molecule has 2 N–H and O–H groups in total. The van der Waals surface area contributed by atoms with Crippen molar-refractivity contribution in [2.75, 3.05) is 10.7 Å². The van der Waals surface area contributed by atoms with E-state index in [0.717, 1.165) is 34.9 Å². The Morgan fingerprint density at radius 2 is 1.84 bits per heavy atom. The van der Waals surface area contributed by atoms with Crippen LogP contribution in [0.3, 0.4) is 0 Å². The summed E-state index contributed by atoms with van der Waals surface area (Å²) in [6.07, 6.45) is 2.18. The van der Waals surface area contributed by atoms with Gasteiger partial charge in [0.25, 0.3) is 0 Å². The molecular formula is C24H23ClF2N4O4S2. The van der Waals surface area contributed by atoms with Crippen LogP contribution in [0, 0.1) is 11.6 Å². The number of fused-ring (bicyclic) bond motifs is 1. The highest BCUT2D eigenvalue weighted by Gasteiger charge is 2.38. The number of nitrogens with zero attached hydrogens (tertiary/aromatic N) is 3. The van der Waals surface area contributed by atoms with Crippen LogP contribution in [0.1, 0.15) is 51.1 Å². The molecule has 0 spiro atoms. The normalized spacial score (nSPS) is 18.6. The van der Waals surface area contributed by atoms with Gasteiger partial charge in [-0.2, -0.15) is 0 Å². The molecule has 1 aromatic heterocycles. The van der Waals surface area contributed by atoms with Gasteiger partial charge in [-0.1, -0.05) is 23.5 Å². The number of ketones is 1. The smallest absolute Gasteiger partial charge is 0.245 e. The number of aromatic nitrogens is 2. The quantitative estimate of drug-likeness (QED) is 0.432. The van der Waals surface area contributed by atoms with Crippen LogP contribution in [0.2, 0.25) is 0 Å². The third-order valence-corrected chi connectivity index (χ3v) is 9.08. The molecule has 3 aromatic rings. The molecule has 1 amide bonds. The van der Waals surface area contributed by atoms with Crippen LogP contribution in [0.5, 0.6) is 0 Å². The second-order valence-corrected chi connectivity index (χ2v) is 12.1. The Bertz CT molecular complexity index is 1460. The van der Waals surface area contributed by atoms with E-state index in [1.165, 1.54) is 35.6 Å². The van der Waals surface area contributed by atoms with Crippen LogP contribution in [0.15, 0.2) is 41.3 Å². The van der Waals surface area contributed by atoms with Crippen LogP contribution in [-0.2, 0) is 27.6 Å². The fourth-order valence-corrected chi connectivity index (χ4v) is 6.67. The molecular weight excluding hydrogens is 546 g/mol. The molecule has 1 aliphatic heterocycles. The highest BCUT2D eigenvalue weighted by molar-refractivity contribution is 7.91. The number of sulfone groups is 1. The Hall–Kier alpha value is -2.80. The van der Waals surface area contributed by atoms with Crippen LogP contribution < -0.4 is 10.6 Å². The van der Waals surface area contributed by atoms with Gasteiger partial charge in [0, 0.05) is 12.3 Å². The molecule has 196 valence electrons. The van der Waals surface area contributed by atoms with Crippen LogP contribution >= 0.6 is 23.7 Å². The van der Waals surface area contributed by atoms with E-state index >= 15 is 4.39 Å². The zero-order chi connectivity index (χ0) is 25.6. The lowest BCUT2D eigenvalue weighted by Crippen LogP contribution is -2.45.